The Labute approximate surface area is 130 Å². The van der Waals surface area contributed by atoms with E-state index in [1.165, 1.54) is 27.8 Å². The normalized spacial score (nSPS) is 13.9. The molecule has 0 radical (unpaired) electrons. The zero-order valence-corrected chi connectivity index (χ0v) is 12.3. The average Bonchev–Trinajstić information content (AvgIpc) is 2.94. The Balaban J connectivity index is 1.84. The van der Waals surface area contributed by atoms with Crippen LogP contribution in [0.25, 0.3) is 11.1 Å². The van der Waals surface area contributed by atoms with Crippen molar-refractivity contribution in [3.8, 4) is 16.9 Å². The summed E-state index contributed by atoms with van der Waals surface area (Å²) >= 11 is 0. The van der Waals surface area contributed by atoms with Crippen molar-refractivity contribution in [3.63, 3.8) is 0 Å². The van der Waals surface area contributed by atoms with Gasteiger partial charge in [-0.3, -0.25) is 0 Å². The Morgan fingerprint density at radius 1 is 0.818 bits per heavy atom. The van der Waals surface area contributed by atoms with E-state index in [1.54, 1.807) is 0 Å². The molecule has 3 aromatic carbocycles. The predicted molar refractivity (Wildman–Crippen MR) is 91.2 cm³/mol. The summed E-state index contributed by atoms with van der Waals surface area (Å²) < 4.78 is 6.28. The van der Waals surface area contributed by atoms with E-state index in [9.17, 15) is 0 Å². The van der Waals surface area contributed by atoms with E-state index in [0.717, 1.165) is 11.4 Å². The van der Waals surface area contributed by atoms with Gasteiger partial charge in [0.25, 0.3) is 0 Å². The van der Waals surface area contributed by atoms with Gasteiger partial charge in [-0.15, -0.1) is 0 Å². The summed E-state index contributed by atoms with van der Waals surface area (Å²) in [7, 11) is -0.0668. The molecule has 0 aliphatic carbocycles. The minimum Gasteiger partial charge on any atom is -0.536 e. The van der Waals surface area contributed by atoms with Crippen LogP contribution in [-0.4, -0.2) is 7.05 Å². The molecular weight excluding hydrogens is 269 g/mol. The van der Waals surface area contributed by atoms with Crippen molar-refractivity contribution in [1.82, 2.24) is 0 Å². The largest absolute Gasteiger partial charge is 0.536 e. The molecule has 0 spiro atoms. The Bertz CT molecular complexity index is 905. The van der Waals surface area contributed by atoms with Crippen molar-refractivity contribution in [3.05, 3.63) is 72.3 Å². The number of benzene rings is 3. The molecule has 0 unspecified atom stereocenters. The Kier molecular flexibility index (Phi) is 2.26. The fourth-order valence-electron chi connectivity index (χ4n) is 3.54. The summed E-state index contributed by atoms with van der Waals surface area (Å²) in [4.78, 5) is 2.32. The molecule has 0 saturated carbocycles. The van der Waals surface area contributed by atoms with Crippen molar-refractivity contribution in [2.24, 2.45) is 0 Å². The van der Waals surface area contributed by atoms with Crippen LogP contribution in [-0.2, 0) is 0 Å². The number of aryl methyl sites for hydroxylation is 1. The molecule has 2 aliphatic rings. The first-order valence-electron chi connectivity index (χ1n) is 7.58. The van der Waals surface area contributed by atoms with E-state index in [1.807, 2.05) is 0 Å². The van der Waals surface area contributed by atoms with E-state index < -0.39 is 0 Å². The zero-order valence-electron chi connectivity index (χ0n) is 12.3. The number of nitrogens with zero attached hydrogens (tertiary/aromatic N) is 1. The maximum absolute atomic E-state index is 6.28. The number of hydrogen-bond acceptors (Lipinski definition) is 2. The van der Waals surface area contributed by atoms with Crippen molar-refractivity contribution in [2.75, 3.05) is 4.81 Å². The van der Waals surface area contributed by atoms with Crippen LogP contribution in [0.1, 0.15) is 5.56 Å². The first-order chi connectivity index (χ1) is 10.8. The maximum Gasteiger partial charge on any atom is 0.524 e. The Morgan fingerprint density at radius 2 is 1.59 bits per heavy atom. The summed E-state index contributed by atoms with van der Waals surface area (Å²) in [5.41, 5.74) is 7.40. The lowest BCUT2D eigenvalue weighted by molar-refractivity contribution is 0.603. The lowest BCUT2D eigenvalue weighted by atomic mass is 9.65. The van der Waals surface area contributed by atoms with Gasteiger partial charge < -0.3 is 9.47 Å². The molecule has 0 saturated heterocycles. The van der Waals surface area contributed by atoms with Crippen molar-refractivity contribution in [1.29, 1.82) is 0 Å². The van der Waals surface area contributed by atoms with Crippen LogP contribution in [0.5, 0.6) is 5.75 Å². The lowest BCUT2D eigenvalue weighted by Gasteiger charge is -2.31. The molecular formula is C19H14BNO. The molecule has 0 aromatic heterocycles. The van der Waals surface area contributed by atoms with Crippen LogP contribution in [0.3, 0.4) is 0 Å². The highest BCUT2D eigenvalue weighted by Gasteiger charge is 2.44. The number of anilines is 2. The monoisotopic (exact) mass is 283 g/mol. The highest BCUT2D eigenvalue weighted by Crippen LogP contribution is 2.46. The third kappa shape index (κ3) is 1.46. The molecule has 3 heteroatoms. The first kappa shape index (κ1) is 11.9. The second-order valence-corrected chi connectivity index (χ2v) is 5.92. The molecule has 0 atom stereocenters. The van der Waals surface area contributed by atoms with Gasteiger partial charge in [0.1, 0.15) is 5.75 Å². The Morgan fingerprint density at radius 3 is 2.50 bits per heavy atom. The van der Waals surface area contributed by atoms with E-state index in [2.05, 4.69) is 78.5 Å². The Hall–Kier alpha value is -2.68. The van der Waals surface area contributed by atoms with Crippen molar-refractivity contribution < 1.29 is 4.65 Å². The molecule has 104 valence electrons. The molecule has 0 N–H and O–H groups in total. The smallest absolute Gasteiger partial charge is 0.524 e. The van der Waals surface area contributed by atoms with Crippen LogP contribution in [0, 0.1) is 6.92 Å². The topological polar surface area (TPSA) is 12.5 Å². The highest BCUT2D eigenvalue weighted by atomic mass is 16.5. The molecule has 2 aliphatic heterocycles. The minimum atomic E-state index is -0.0668. The number of hydrogen-bond donors (Lipinski definition) is 0. The van der Waals surface area contributed by atoms with Gasteiger partial charge in [-0.1, -0.05) is 48.5 Å². The summed E-state index contributed by atoms with van der Waals surface area (Å²) in [5, 5.41) is 0. The number of para-hydroxylation sites is 1. The summed E-state index contributed by atoms with van der Waals surface area (Å²) in [6.07, 6.45) is 0. The maximum atomic E-state index is 6.28. The standard InChI is InChI=1S/C19H14BNO/c1-13-10-11-19-18(12-13)21-17-9-5-3-7-15(17)14-6-2-4-8-16(14)20(21)22-19/h2-12H,1H3. The van der Waals surface area contributed by atoms with Crippen molar-refractivity contribution >= 4 is 23.9 Å². The van der Waals surface area contributed by atoms with Crippen LogP contribution >= 0.6 is 0 Å². The minimum absolute atomic E-state index is 0.0668. The molecule has 3 aromatic rings. The third-order valence-corrected chi connectivity index (χ3v) is 4.53. The number of fused-ring (bicyclic) bond motifs is 8. The summed E-state index contributed by atoms with van der Waals surface area (Å²) in [6, 6.07) is 23.5. The zero-order chi connectivity index (χ0) is 14.7. The fraction of sp³-hybridized carbons (Fsp3) is 0.0526. The molecule has 0 fully saturated rings. The molecule has 2 nitrogen and oxygen atoms in total. The van der Waals surface area contributed by atoms with E-state index >= 15 is 0 Å². The summed E-state index contributed by atoms with van der Waals surface area (Å²) in [6.45, 7) is 2.12. The van der Waals surface area contributed by atoms with Gasteiger partial charge in [0, 0.05) is 11.3 Å². The van der Waals surface area contributed by atoms with Gasteiger partial charge in [0.15, 0.2) is 0 Å². The second-order valence-electron chi connectivity index (χ2n) is 5.92. The van der Waals surface area contributed by atoms with Crippen LogP contribution in [0.15, 0.2) is 66.7 Å². The van der Waals surface area contributed by atoms with Crippen LogP contribution in [0.4, 0.5) is 11.4 Å². The molecule has 5 rings (SSSR count). The van der Waals surface area contributed by atoms with Gasteiger partial charge in [-0.05, 0) is 41.7 Å². The molecule has 2 heterocycles. The van der Waals surface area contributed by atoms with Gasteiger partial charge in [0.05, 0.1) is 5.69 Å². The number of rotatable bonds is 0. The predicted octanol–water partition coefficient (Wildman–Crippen LogP) is 3.90. The second kappa shape index (κ2) is 4.17. The quantitative estimate of drug-likeness (QED) is 0.580. The van der Waals surface area contributed by atoms with E-state index in [-0.39, 0.29) is 7.05 Å². The lowest BCUT2D eigenvalue weighted by Crippen LogP contribution is -2.50. The SMILES string of the molecule is Cc1ccc2c(c1)N1B(O2)c2ccccc2-c2ccccc21. The summed E-state index contributed by atoms with van der Waals surface area (Å²) in [5.74, 6) is 0.960. The van der Waals surface area contributed by atoms with Crippen LogP contribution in [0.2, 0.25) is 0 Å². The van der Waals surface area contributed by atoms with Gasteiger partial charge in [-0.25, -0.2) is 0 Å². The van der Waals surface area contributed by atoms with Crippen LogP contribution < -0.4 is 14.9 Å². The van der Waals surface area contributed by atoms with Gasteiger partial charge in [-0.2, -0.15) is 0 Å². The van der Waals surface area contributed by atoms with Crippen molar-refractivity contribution in [2.45, 2.75) is 6.92 Å². The van der Waals surface area contributed by atoms with Gasteiger partial charge in [0.2, 0.25) is 0 Å². The fourth-order valence-corrected chi connectivity index (χ4v) is 3.54. The van der Waals surface area contributed by atoms with E-state index in [0.29, 0.717) is 0 Å². The first-order valence-corrected chi connectivity index (χ1v) is 7.58. The van der Waals surface area contributed by atoms with E-state index in [4.69, 9.17) is 4.65 Å². The molecule has 22 heavy (non-hydrogen) atoms. The third-order valence-electron chi connectivity index (χ3n) is 4.53. The van der Waals surface area contributed by atoms with Gasteiger partial charge >= 0.3 is 7.05 Å². The molecule has 0 amide bonds. The highest BCUT2D eigenvalue weighted by molar-refractivity contribution is 6.77. The average molecular weight is 283 g/mol. The molecule has 0 bridgehead atoms.